The predicted octanol–water partition coefficient (Wildman–Crippen LogP) is 5.88. The van der Waals surface area contributed by atoms with Gasteiger partial charge < -0.3 is 19.9 Å². The number of carbonyl (C=O) groups excluding carboxylic acids is 1. The summed E-state index contributed by atoms with van der Waals surface area (Å²) >= 11 is 0. The Morgan fingerprint density at radius 2 is 1.61 bits per heavy atom. The molecule has 0 spiro atoms. The zero-order valence-electron chi connectivity index (χ0n) is 22.0. The first-order valence-corrected chi connectivity index (χ1v) is 12.3. The van der Waals surface area contributed by atoms with E-state index in [0.29, 0.717) is 19.3 Å². The van der Waals surface area contributed by atoms with Crippen molar-refractivity contribution in [3.8, 4) is 16.9 Å². The van der Waals surface area contributed by atoms with Crippen LogP contribution in [0.2, 0.25) is 0 Å². The van der Waals surface area contributed by atoms with E-state index in [1.807, 2.05) is 20.9 Å². The monoisotopic (exact) mass is 586 g/mol. The molecule has 2 atom stereocenters. The maximum atomic E-state index is 15.5. The van der Waals surface area contributed by atoms with Crippen LogP contribution in [0.25, 0.3) is 11.1 Å². The molecule has 3 aromatic rings. The Hall–Kier alpha value is -4.07. The number of H-pyrrole nitrogens is 1. The number of aromatic nitrogens is 1. The minimum atomic E-state index is -5.01. The van der Waals surface area contributed by atoms with Gasteiger partial charge in [0.2, 0.25) is 5.56 Å². The van der Waals surface area contributed by atoms with Crippen molar-refractivity contribution >= 4 is 17.3 Å². The van der Waals surface area contributed by atoms with Crippen molar-refractivity contribution in [1.29, 1.82) is 0 Å². The minimum Gasteiger partial charge on any atom is -0.406 e. The van der Waals surface area contributed by atoms with Gasteiger partial charge in [-0.1, -0.05) is 12.1 Å². The van der Waals surface area contributed by atoms with E-state index in [1.165, 1.54) is 18.2 Å². The first kappa shape index (κ1) is 29.9. The minimum absolute atomic E-state index is 0.00208. The number of carbonyl (C=O) groups is 1. The van der Waals surface area contributed by atoms with Gasteiger partial charge in [0.1, 0.15) is 11.6 Å². The highest BCUT2D eigenvalue weighted by Crippen LogP contribution is 2.38. The van der Waals surface area contributed by atoms with Crippen LogP contribution in [0.3, 0.4) is 0 Å². The van der Waals surface area contributed by atoms with Gasteiger partial charge in [-0.05, 0) is 50.7 Å². The van der Waals surface area contributed by atoms with Crippen molar-refractivity contribution < 1.29 is 40.3 Å². The molecule has 0 aliphatic carbocycles. The number of hydrogen-bond acceptors (Lipinski definition) is 5. The number of benzene rings is 2. The van der Waals surface area contributed by atoms with E-state index < -0.39 is 46.7 Å². The summed E-state index contributed by atoms with van der Waals surface area (Å²) in [4.78, 5) is 30.6. The zero-order chi connectivity index (χ0) is 30.3. The van der Waals surface area contributed by atoms with Crippen LogP contribution in [-0.4, -0.2) is 54.4 Å². The third-order valence-electron chi connectivity index (χ3n) is 6.91. The molecular weight excluding hydrogens is 561 g/mol. The van der Waals surface area contributed by atoms with Crippen LogP contribution in [0.5, 0.6) is 5.75 Å². The molecule has 0 saturated carbocycles. The molecule has 2 heterocycles. The molecule has 41 heavy (non-hydrogen) atoms. The molecule has 2 N–H and O–H groups in total. The molecule has 4 rings (SSSR count). The number of piperazine rings is 1. The fourth-order valence-electron chi connectivity index (χ4n) is 4.67. The van der Waals surface area contributed by atoms with Crippen LogP contribution in [0.4, 0.5) is 42.1 Å². The number of rotatable bonds is 5. The van der Waals surface area contributed by atoms with E-state index in [0.717, 1.165) is 18.2 Å². The average Bonchev–Trinajstić information content (AvgIpc) is 2.86. The molecule has 220 valence electrons. The van der Waals surface area contributed by atoms with Gasteiger partial charge >= 0.3 is 12.5 Å². The number of amides is 1. The highest BCUT2D eigenvalue weighted by molar-refractivity contribution is 6.07. The zero-order valence-corrected chi connectivity index (χ0v) is 22.0. The molecular formula is C27H25F7N4O3. The molecule has 1 fully saturated rings. The quantitative estimate of drug-likeness (QED) is 0.366. The van der Waals surface area contributed by atoms with Crippen LogP contribution in [0.1, 0.15) is 29.8 Å². The van der Waals surface area contributed by atoms with Gasteiger partial charge in [0.05, 0.1) is 22.5 Å². The molecule has 2 unspecified atom stereocenters. The Morgan fingerprint density at radius 3 is 2.17 bits per heavy atom. The summed E-state index contributed by atoms with van der Waals surface area (Å²) in [6, 6.07) is 6.90. The standard InChI is InChI=1S/C27H25F7N4O3/c1-14-12-38(13-15(2)37(14)3)23-10-21(28)18(16-4-6-17(7-5-16)41-27(32,33)34)8-22(23)36-25(40)19-11-35-24(39)9-20(19)26(29,30)31/h4-11,14-15H,12-13H2,1-3H3,(H,35,39)(H,36,40). The maximum absolute atomic E-state index is 15.5. The summed E-state index contributed by atoms with van der Waals surface area (Å²) in [5.41, 5.74) is -3.22. The Labute approximate surface area is 229 Å². The number of alkyl halides is 6. The summed E-state index contributed by atoms with van der Waals surface area (Å²) in [7, 11) is 1.92. The molecule has 1 aliphatic rings. The fourth-order valence-corrected chi connectivity index (χ4v) is 4.67. The van der Waals surface area contributed by atoms with Crippen LogP contribution in [-0.2, 0) is 6.18 Å². The number of nitrogens with one attached hydrogen (secondary N) is 2. The number of nitrogens with zero attached hydrogens (tertiary/aromatic N) is 2. The van der Waals surface area contributed by atoms with E-state index in [4.69, 9.17) is 0 Å². The van der Waals surface area contributed by atoms with Gasteiger partial charge in [-0.15, -0.1) is 13.2 Å². The molecule has 2 aromatic carbocycles. The van der Waals surface area contributed by atoms with Crippen LogP contribution < -0.4 is 20.5 Å². The van der Waals surface area contributed by atoms with Crippen molar-refractivity contribution in [3.63, 3.8) is 0 Å². The highest BCUT2D eigenvalue weighted by Gasteiger charge is 2.36. The van der Waals surface area contributed by atoms with E-state index in [-0.39, 0.29) is 40.7 Å². The van der Waals surface area contributed by atoms with Crippen LogP contribution >= 0.6 is 0 Å². The molecule has 1 aromatic heterocycles. The molecule has 0 bridgehead atoms. The fraction of sp³-hybridized carbons (Fsp3) is 0.333. The largest absolute Gasteiger partial charge is 0.573 e. The summed E-state index contributed by atoms with van der Waals surface area (Å²) in [6.07, 6.45) is -9.30. The molecule has 1 saturated heterocycles. The smallest absolute Gasteiger partial charge is 0.406 e. The highest BCUT2D eigenvalue weighted by atomic mass is 19.4. The topological polar surface area (TPSA) is 77.7 Å². The summed E-state index contributed by atoms with van der Waals surface area (Å²) in [5.74, 6) is -2.52. The second kappa shape index (κ2) is 11.1. The van der Waals surface area contributed by atoms with Crippen molar-refractivity contribution in [1.82, 2.24) is 9.88 Å². The lowest BCUT2D eigenvalue weighted by molar-refractivity contribution is -0.274. The molecule has 14 heteroatoms. The Bertz CT molecular complexity index is 1470. The van der Waals surface area contributed by atoms with Crippen molar-refractivity contribution in [3.05, 3.63) is 76.0 Å². The predicted molar refractivity (Wildman–Crippen MR) is 137 cm³/mol. The number of anilines is 2. The molecule has 1 aliphatic heterocycles. The van der Waals surface area contributed by atoms with Crippen molar-refractivity contribution in [2.75, 3.05) is 30.4 Å². The van der Waals surface area contributed by atoms with Gasteiger partial charge in [-0.2, -0.15) is 13.2 Å². The van der Waals surface area contributed by atoms with Crippen LogP contribution in [0, 0.1) is 5.82 Å². The number of likely N-dealkylation sites (N-methyl/N-ethyl adjacent to an activating group) is 1. The lowest BCUT2D eigenvalue weighted by Crippen LogP contribution is -2.55. The van der Waals surface area contributed by atoms with Crippen LogP contribution in [0.15, 0.2) is 53.5 Å². The Kier molecular flexibility index (Phi) is 8.07. The van der Waals surface area contributed by atoms with Gasteiger partial charge in [-0.3, -0.25) is 14.5 Å². The average molecular weight is 587 g/mol. The van der Waals surface area contributed by atoms with Gasteiger partial charge in [0.25, 0.3) is 5.91 Å². The van der Waals surface area contributed by atoms with E-state index >= 15 is 4.39 Å². The second-order valence-electron chi connectivity index (χ2n) is 9.77. The summed E-state index contributed by atoms with van der Waals surface area (Å²) < 4.78 is 97.8. The van der Waals surface area contributed by atoms with Crippen molar-refractivity contribution in [2.45, 2.75) is 38.5 Å². The number of ether oxygens (including phenoxy) is 1. The Morgan fingerprint density at radius 1 is 1.00 bits per heavy atom. The van der Waals surface area contributed by atoms with Gasteiger partial charge in [-0.25, -0.2) is 4.39 Å². The number of pyridine rings is 1. The first-order valence-electron chi connectivity index (χ1n) is 12.3. The van der Waals surface area contributed by atoms with E-state index in [2.05, 4.69) is 19.9 Å². The third-order valence-corrected chi connectivity index (χ3v) is 6.91. The SMILES string of the molecule is CC1CN(c2cc(F)c(-c3ccc(OC(F)(F)F)cc3)cc2NC(=O)c2c[nH]c(=O)cc2C(F)(F)F)CC(C)N1C. The molecule has 7 nitrogen and oxygen atoms in total. The van der Waals surface area contributed by atoms with E-state index in [1.54, 1.807) is 4.90 Å². The lowest BCUT2D eigenvalue weighted by Gasteiger charge is -2.44. The summed E-state index contributed by atoms with van der Waals surface area (Å²) in [6.45, 7) is 4.68. The first-order chi connectivity index (χ1) is 19.0. The number of halogens is 7. The summed E-state index contributed by atoms with van der Waals surface area (Å²) in [5, 5.41) is 2.42. The lowest BCUT2D eigenvalue weighted by atomic mass is 10.0. The van der Waals surface area contributed by atoms with Gasteiger partial charge in [0, 0.05) is 43.0 Å². The maximum Gasteiger partial charge on any atom is 0.573 e. The normalized spacial score (nSPS) is 18.3. The van der Waals surface area contributed by atoms with Gasteiger partial charge in [0.15, 0.2) is 0 Å². The number of hydrogen-bond donors (Lipinski definition) is 2. The molecule has 1 amide bonds. The molecule has 0 radical (unpaired) electrons. The van der Waals surface area contributed by atoms with E-state index in [9.17, 15) is 35.9 Å². The Balaban J connectivity index is 1.79. The van der Waals surface area contributed by atoms with Crippen molar-refractivity contribution in [2.24, 2.45) is 0 Å². The number of aromatic amines is 1. The second-order valence-corrected chi connectivity index (χ2v) is 9.77. The third kappa shape index (κ3) is 6.81.